The van der Waals surface area contributed by atoms with Crippen LogP contribution in [0.4, 0.5) is 27.6 Å². The largest absolute Gasteiger partial charge is 0.491 e. The van der Waals surface area contributed by atoms with Gasteiger partial charge in [0, 0.05) is 13.5 Å². The van der Waals surface area contributed by atoms with Gasteiger partial charge in [0.05, 0.1) is 19.3 Å². The number of alkyl halides is 3. The molecule has 134 valence electrons. The van der Waals surface area contributed by atoms with Crippen LogP contribution >= 0.6 is 0 Å². The number of ether oxygens (including phenoxy) is 2. The predicted molar refractivity (Wildman–Crippen MR) is 72.1 cm³/mol. The van der Waals surface area contributed by atoms with Crippen molar-refractivity contribution in [2.24, 2.45) is 0 Å². The molecule has 1 aliphatic heterocycles. The Morgan fingerprint density at radius 3 is 2.42 bits per heavy atom. The minimum absolute atomic E-state index is 0.299. The second-order valence-electron chi connectivity index (χ2n) is 5.30. The number of halogens is 5. The summed E-state index contributed by atoms with van der Waals surface area (Å²) < 4.78 is 76.5. The van der Waals surface area contributed by atoms with E-state index in [0.29, 0.717) is 6.07 Å². The van der Waals surface area contributed by atoms with Crippen LogP contribution in [0.2, 0.25) is 0 Å². The molecule has 1 fully saturated rings. The molecule has 24 heavy (non-hydrogen) atoms. The van der Waals surface area contributed by atoms with Crippen LogP contribution in [0, 0.1) is 11.6 Å². The number of methoxy groups -OCH3 is 2. The average molecular weight is 355 g/mol. The first-order chi connectivity index (χ1) is 11.1. The molecule has 1 aliphatic rings. The molecule has 0 saturated carbocycles. The summed E-state index contributed by atoms with van der Waals surface area (Å²) in [5.74, 6) is -4.91. The van der Waals surface area contributed by atoms with Gasteiger partial charge in [-0.1, -0.05) is 0 Å². The standard InChI is InChI=1S/C14H14F5NO4/c1-23-11-8(4-3-7(15)10(11)16)20-6-13(24-2,14(17,18)19)5-9(20)12(21)22/h3-4,9H,5-6H2,1-2H3,(H,21,22)/t9-,13+/m0/s1. The maximum Gasteiger partial charge on any atom is 0.419 e. The lowest BCUT2D eigenvalue weighted by Crippen LogP contribution is -2.49. The number of anilines is 1. The Morgan fingerprint density at radius 2 is 1.96 bits per heavy atom. The summed E-state index contributed by atoms with van der Waals surface area (Å²) in [5.41, 5.74) is -3.04. The number of carbonyl (C=O) groups is 1. The number of rotatable bonds is 4. The number of hydrogen-bond donors (Lipinski definition) is 1. The van der Waals surface area contributed by atoms with Crippen molar-refractivity contribution in [3.63, 3.8) is 0 Å². The third-order valence-corrected chi connectivity index (χ3v) is 4.06. The van der Waals surface area contributed by atoms with Crippen molar-refractivity contribution in [2.45, 2.75) is 24.2 Å². The zero-order chi connectivity index (χ0) is 18.3. The Hall–Kier alpha value is -2.10. The van der Waals surface area contributed by atoms with Crippen molar-refractivity contribution < 1.29 is 41.3 Å². The SMILES string of the molecule is COc1c(N2C[C@@](OC)(C(F)(F)F)C[C@H]2C(=O)O)ccc(F)c1F. The monoisotopic (exact) mass is 355 g/mol. The van der Waals surface area contributed by atoms with Gasteiger partial charge in [-0.15, -0.1) is 0 Å². The van der Waals surface area contributed by atoms with Crippen molar-refractivity contribution in [1.29, 1.82) is 0 Å². The number of nitrogens with zero attached hydrogens (tertiary/aromatic N) is 1. The van der Waals surface area contributed by atoms with E-state index < -0.39 is 54.1 Å². The summed E-state index contributed by atoms with van der Waals surface area (Å²) >= 11 is 0. The molecule has 0 amide bonds. The van der Waals surface area contributed by atoms with E-state index in [0.717, 1.165) is 25.2 Å². The molecule has 0 unspecified atom stereocenters. The topological polar surface area (TPSA) is 59.0 Å². The summed E-state index contributed by atoms with van der Waals surface area (Å²) in [6, 6.07) is 0.00672. The fourth-order valence-electron chi connectivity index (χ4n) is 2.76. The second kappa shape index (κ2) is 6.08. The summed E-state index contributed by atoms with van der Waals surface area (Å²) in [7, 11) is 1.82. The summed E-state index contributed by atoms with van der Waals surface area (Å²) in [6.45, 7) is -0.897. The maximum absolute atomic E-state index is 13.8. The Morgan fingerprint density at radius 1 is 1.33 bits per heavy atom. The van der Waals surface area contributed by atoms with E-state index >= 15 is 0 Å². The number of carboxylic acid groups (broad SMARTS) is 1. The van der Waals surface area contributed by atoms with Crippen molar-refractivity contribution in [3.8, 4) is 5.75 Å². The van der Waals surface area contributed by atoms with Gasteiger partial charge < -0.3 is 19.5 Å². The van der Waals surface area contributed by atoms with E-state index in [2.05, 4.69) is 4.74 Å². The molecule has 2 rings (SSSR count). The summed E-state index contributed by atoms with van der Waals surface area (Å²) in [4.78, 5) is 12.2. The molecule has 5 nitrogen and oxygen atoms in total. The van der Waals surface area contributed by atoms with E-state index in [-0.39, 0.29) is 5.69 Å². The van der Waals surface area contributed by atoms with Gasteiger partial charge in [-0.3, -0.25) is 0 Å². The Bertz CT molecular complexity index is 651. The fraction of sp³-hybridized carbons (Fsp3) is 0.500. The lowest BCUT2D eigenvalue weighted by Gasteiger charge is -2.30. The van der Waals surface area contributed by atoms with Crippen LogP contribution in [0.3, 0.4) is 0 Å². The normalized spacial score (nSPS) is 24.3. The minimum atomic E-state index is -4.85. The number of aliphatic carboxylic acids is 1. The summed E-state index contributed by atoms with van der Waals surface area (Å²) in [5, 5.41) is 9.25. The van der Waals surface area contributed by atoms with Crippen molar-refractivity contribution in [3.05, 3.63) is 23.8 Å². The van der Waals surface area contributed by atoms with Crippen molar-refractivity contribution in [2.75, 3.05) is 25.7 Å². The lowest BCUT2D eigenvalue weighted by atomic mass is 9.99. The van der Waals surface area contributed by atoms with Crippen LogP contribution in [0.15, 0.2) is 12.1 Å². The highest BCUT2D eigenvalue weighted by molar-refractivity contribution is 5.81. The molecule has 1 N–H and O–H groups in total. The lowest BCUT2D eigenvalue weighted by molar-refractivity contribution is -0.261. The predicted octanol–water partition coefficient (Wildman–Crippen LogP) is 2.58. The molecular weight excluding hydrogens is 341 g/mol. The molecule has 0 bridgehead atoms. The van der Waals surface area contributed by atoms with Crippen LogP contribution in [0.1, 0.15) is 6.42 Å². The Kier molecular flexibility index (Phi) is 4.62. The van der Waals surface area contributed by atoms with Gasteiger partial charge in [0.25, 0.3) is 0 Å². The number of hydrogen-bond acceptors (Lipinski definition) is 4. The molecule has 1 heterocycles. The van der Waals surface area contributed by atoms with E-state index in [9.17, 15) is 31.9 Å². The van der Waals surface area contributed by atoms with Gasteiger partial charge in [-0.2, -0.15) is 17.6 Å². The molecule has 1 aromatic rings. The molecule has 1 aromatic carbocycles. The first kappa shape index (κ1) is 18.2. The zero-order valence-electron chi connectivity index (χ0n) is 12.7. The van der Waals surface area contributed by atoms with Crippen LogP contribution in [0.5, 0.6) is 5.75 Å². The molecule has 10 heteroatoms. The van der Waals surface area contributed by atoms with Crippen molar-refractivity contribution >= 4 is 11.7 Å². The van der Waals surface area contributed by atoms with Gasteiger partial charge in [0.15, 0.2) is 17.2 Å². The quantitative estimate of drug-likeness (QED) is 0.842. The highest BCUT2D eigenvalue weighted by atomic mass is 19.4. The zero-order valence-corrected chi connectivity index (χ0v) is 12.7. The van der Waals surface area contributed by atoms with E-state index in [1.165, 1.54) is 0 Å². The molecule has 0 aliphatic carbocycles. The van der Waals surface area contributed by atoms with E-state index in [4.69, 9.17) is 4.74 Å². The van der Waals surface area contributed by atoms with Crippen LogP contribution < -0.4 is 9.64 Å². The first-order valence-electron chi connectivity index (χ1n) is 6.71. The smallest absolute Gasteiger partial charge is 0.419 e. The fourth-order valence-corrected chi connectivity index (χ4v) is 2.76. The minimum Gasteiger partial charge on any atom is -0.491 e. The highest BCUT2D eigenvalue weighted by Gasteiger charge is 2.63. The van der Waals surface area contributed by atoms with Gasteiger partial charge in [0.1, 0.15) is 6.04 Å². The second-order valence-corrected chi connectivity index (χ2v) is 5.30. The van der Waals surface area contributed by atoms with Gasteiger partial charge >= 0.3 is 12.1 Å². The van der Waals surface area contributed by atoms with Crippen LogP contribution in [-0.2, 0) is 9.53 Å². The molecule has 0 radical (unpaired) electrons. The molecule has 0 spiro atoms. The summed E-state index contributed by atoms with van der Waals surface area (Å²) in [6.07, 6.45) is -5.75. The average Bonchev–Trinajstić information content (AvgIpc) is 2.91. The van der Waals surface area contributed by atoms with Gasteiger partial charge in [-0.05, 0) is 12.1 Å². The maximum atomic E-state index is 13.8. The molecular formula is C14H14F5NO4. The highest BCUT2D eigenvalue weighted by Crippen LogP contribution is 2.46. The third kappa shape index (κ3) is 2.74. The first-order valence-corrected chi connectivity index (χ1v) is 6.71. The number of carboxylic acids is 1. The molecule has 1 saturated heterocycles. The van der Waals surface area contributed by atoms with Crippen molar-refractivity contribution in [1.82, 2.24) is 0 Å². The van der Waals surface area contributed by atoms with Gasteiger partial charge in [0.2, 0.25) is 5.82 Å². The molecule has 0 aromatic heterocycles. The Balaban J connectivity index is 2.57. The molecule has 2 atom stereocenters. The van der Waals surface area contributed by atoms with E-state index in [1.807, 2.05) is 0 Å². The van der Waals surface area contributed by atoms with Gasteiger partial charge in [-0.25, -0.2) is 9.18 Å². The van der Waals surface area contributed by atoms with Crippen LogP contribution in [0.25, 0.3) is 0 Å². The van der Waals surface area contributed by atoms with E-state index in [1.54, 1.807) is 0 Å². The number of benzene rings is 1. The van der Waals surface area contributed by atoms with Crippen LogP contribution in [-0.4, -0.2) is 49.7 Å². The third-order valence-electron chi connectivity index (χ3n) is 4.06. The Labute approximate surface area is 133 Å².